The molecule has 4 aliphatic rings. The molecule has 0 atom stereocenters. The van der Waals surface area contributed by atoms with Gasteiger partial charge in [-0.25, -0.2) is 0 Å². The van der Waals surface area contributed by atoms with E-state index in [0.29, 0.717) is 29.0 Å². The Morgan fingerprint density at radius 1 is 0.771 bits per heavy atom. The van der Waals surface area contributed by atoms with Crippen LogP contribution in [0.4, 0.5) is 0 Å². The summed E-state index contributed by atoms with van der Waals surface area (Å²) in [4.78, 5) is 32.8. The molecule has 2 amide bonds. The van der Waals surface area contributed by atoms with Crippen LogP contribution in [0.15, 0.2) is 42.5 Å². The van der Waals surface area contributed by atoms with E-state index >= 15 is 0 Å². The van der Waals surface area contributed by atoms with Gasteiger partial charge in [-0.1, -0.05) is 24.3 Å². The van der Waals surface area contributed by atoms with Crippen LogP contribution in [0.25, 0.3) is 0 Å². The van der Waals surface area contributed by atoms with Gasteiger partial charge in [-0.3, -0.25) is 9.59 Å². The molecule has 2 fully saturated rings. The summed E-state index contributed by atoms with van der Waals surface area (Å²) in [6.07, 6.45) is 4.81. The van der Waals surface area contributed by atoms with Crippen molar-refractivity contribution in [2.75, 3.05) is 39.5 Å². The number of ether oxygens (including phenoxy) is 2. The van der Waals surface area contributed by atoms with Gasteiger partial charge in [0.1, 0.15) is 0 Å². The van der Waals surface area contributed by atoms with E-state index in [1.165, 1.54) is 11.1 Å². The fourth-order valence-electron chi connectivity index (χ4n) is 6.10. The molecule has 4 aliphatic heterocycles. The van der Waals surface area contributed by atoms with Crippen LogP contribution >= 0.6 is 0 Å². The van der Waals surface area contributed by atoms with Gasteiger partial charge >= 0.3 is 0 Å². The molecule has 0 bridgehead atoms. The molecule has 0 spiro atoms. The summed E-state index contributed by atoms with van der Waals surface area (Å²) >= 11 is 0. The number of carbonyl (C=O) groups is 2. The second kappa shape index (κ2) is 9.53. The summed E-state index contributed by atoms with van der Waals surface area (Å²) in [5.74, 6) is 1.89. The highest BCUT2D eigenvalue weighted by atomic mass is 16.7. The number of likely N-dealkylation sites (tertiary alicyclic amines) is 2. The Bertz CT molecular complexity index is 1100. The maximum atomic E-state index is 13.2. The van der Waals surface area contributed by atoms with Crippen LogP contribution in [-0.2, 0) is 17.8 Å². The molecule has 184 valence electrons. The summed E-state index contributed by atoms with van der Waals surface area (Å²) < 4.78 is 10.8. The standard InChI is InChI=1S/C28H33N3O4/c32-27(31-14-7-20-3-1-2-4-23(20)18-31)21-8-12-29(13-9-21)24-10-15-30(16-11-24)28(33)22-5-6-25-26(17-22)35-19-34-25/h1-6,17,21,24H,7-16,18-19H2. The van der Waals surface area contributed by atoms with E-state index in [-0.39, 0.29) is 18.6 Å². The molecule has 7 heteroatoms. The third kappa shape index (κ3) is 4.49. The van der Waals surface area contributed by atoms with Crippen molar-refractivity contribution in [3.05, 3.63) is 59.2 Å². The number of amides is 2. The van der Waals surface area contributed by atoms with Crippen LogP contribution in [0.5, 0.6) is 11.5 Å². The third-order valence-electron chi connectivity index (χ3n) is 8.21. The molecule has 0 radical (unpaired) electrons. The van der Waals surface area contributed by atoms with Crippen LogP contribution < -0.4 is 9.47 Å². The van der Waals surface area contributed by atoms with Gasteiger partial charge in [0.05, 0.1) is 0 Å². The maximum absolute atomic E-state index is 13.2. The first-order valence-electron chi connectivity index (χ1n) is 12.9. The smallest absolute Gasteiger partial charge is 0.253 e. The fraction of sp³-hybridized carbons (Fsp3) is 0.500. The van der Waals surface area contributed by atoms with Crippen LogP contribution in [-0.4, -0.2) is 72.1 Å². The molecule has 6 rings (SSSR count). The minimum Gasteiger partial charge on any atom is -0.454 e. The van der Waals surface area contributed by atoms with Gasteiger partial charge in [-0.2, -0.15) is 0 Å². The van der Waals surface area contributed by atoms with Crippen molar-refractivity contribution in [1.82, 2.24) is 14.7 Å². The van der Waals surface area contributed by atoms with Crippen molar-refractivity contribution in [3.8, 4) is 11.5 Å². The molecule has 2 saturated heterocycles. The van der Waals surface area contributed by atoms with Gasteiger partial charge in [0.25, 0.3) is 5.91 Å². The first-order chi connectivity index (χ1) is 17.2. The maximum Gasteiger partial charge on any atom is 0.253 e. The topological polar surface area (TPSA) is 62.3 Å². The zero-order chi connectivity index (χ0) is 23.8. The molecular formula is C28H33N3O4. The van der Waals surface area contributed by atoms with Gasteiger partial charge in [-0.15, -0.1) is 0 Å². The van der Waals surface area contributed by atoms with Gasteiger partial charge in [-0.05, 0) is 74.5 Å². The molecule has 4 heterocycles. The average molecular weight is 476 g/mol. The molecule has 2 aromatic carbocycles. The molecule has 2 aromatic rings. The molecule has 0 unspecified atom stereocenters. The Balaban J connectivity index is 0.983. The lowest BCUT2D eigenvalue weighted by atomic mass is 9.91. The van der Waals surface area contributed by atoms with Gasteiger partial charge < -0.3 is 24.2 Å². The van der Waals surface area contributed by atoms with Crippen molar-refractivity contribution in [2.45, 2.75) is 44.7 Å². The molecule has 0 aromatic heterocycles. The van der Waals surface area contributed by atoms with Gasteiger partial charge in [0.15, 0.2) is 11.5 Å². The highest BCUT2D eigenvalue weighted by Gasteiger charge is 2.34. The zero-order valence-electron chi connectivity index (χ0n) is 20.2. The van der Waals surface area contributed by atoms with Crippen LogP contribution in [0.2, 0.25) is 0 Å². The number of rotatable bonds is 3. The van der Waals surface area contributed by atoms with E-state index in [4.69, 9.17) is 9.47 Å². The zero-order valence-corrected chi connectivity index (χ0v) is 20.2. The Morgan fingerprint density at radius 3 is 2.31 bits per heavy atom. The minimum atomic E-state index is 0.0640. The second-order valence-corrected chi connectivity index (χ2v) is 10.2. The SMILES string of the molecule is O=C(c1ccc2c(c1)OCO2)N1CCC(N2CCC(C(=O)N3CCc4ccccc4C3)CC2)CC1. The lowest BCUT2D eigenvalue weighted by Gasteiger charge is -2.42. The second-order valence-electron chi connectivity index (χ2n) is 10.2. The molecule has 7 nitrogen and oxygen atoms in total. The van der Waals surface area contributed by atoms with E-state index in [0.717, 1.165) is 71.4 Å². The Kier molecular flexibility index (Phi) is 6.10. The normalized spacial score (nSPS) is 21.1. The molecule has 0 aliphatic carbocycles. The molecule has 0 saturated carbocycles. The highest BCUT2D eigenvalue weighted by molar-refractivity contribution is 5.95. The van der Waals surface area contributed by atoms with Gasteiger partial charge in [0.2, 0.25) is 12.7 Å². The predicted octanol–water partition coefficient (Wildman–Crippen LogP) is 3.32. The van der Waals surface area contributed by atoms with Gasteiger partial charge in [0, 0.05) is 43.7 Å². The monoisotopic (exact) mass is 475 g/mol. The largest absolute Gasteiger partial charge is 0.454 e. The molecule has 0 N–H and O–H groups in total. The van der Waals surface area contributed by atoms with E-state index in [1.807, 2.05) is 17.0 Å². The quantitative estimate of drug-likeness (QED) is 0.682. The number of hydrogen-bond acceptors (Lipinski definition) is 5. The summed E-state index contributed by atoms with van der Waals surface area (Å²) in [6.45, 7) is 5.29. The highest BCUT2D eigenvalue weighted by Crippen LogP contribution is 2.33. The number of fused-ring (bicyclic) bond motifs is 2. The van der Waals surface area contributed by atoms with Crippen molar-refractivity contribution >= 4 is 11.8 Å². The predicted molar refractivity (Wildman–Crippen MR) is 131 cm³/mol. The lowest BCUT2D eigenvalue weighted by molar-refractivity contribution is -0.138. The summed E-state index contributed by atoms with van der Waals surface area (Å²) in [5.41, 5.74) is 3.34. The fourth-order valence-corrected chi connectivity index (χ4v) is 6.10. The van der Waals surface area contributed by atoms with E-state index < -0.39 is 0 Å². The van der Waals surface area contributed by atoms with Crippen molar-refractivity contribution < 1.29 is 19.1 Å². The number of hydrogen-bond donors (Lipinski definition) is 0. The average Bonchev–Trinajstić information content (AvgIpc) is 3.40. The molecular weight excluding hydrogens is 442 g/mol. The number of benzene rings is 2. The summed E-state index contributed by atoms with van der Waals surface area (Å²) in [6, 6.07) is 14.4. The third-order valence-corrected chi connectivity index (χ3v) is 8.21. The number of nitrogens with zero attached hydrogens (tertiary/aromatic N) is 3. The van der Waals surface area contributed by atoms with E-state index in [9.17, 15) is 9.59 Å². The lowest BCUT2D eigenvalue weighted by Crippen LogP contribution is -2.50. The van der Waals surface area contributed by atoms with E-state index in [2.05, 4.69) is 34.1 Å². The number of piperidine rings is 2. The minimum absolute atomic E-state index is 0.0640. The first kappa shape index (κ1) is 22.4. The molecule has 35 heavy (non-hydrogen) atoms. The van der Waals surface area contributed by atoms with Crippen molar-refractivity contribution in [1.29, 1.82) is 0 Å². The first-order valence-corrected chi connectivity index (χ1v) is 12.9. The van der Waals surface area contributed by atoms with Crippen LogP contribution in [0.3, 0.4) is 0 Å². The van der Waals surface area contributed by atoms with Crippen molar-refractivity contribution in [3.63, 3.8) is 0 Å². The van der Waals surface area contributed by atoms with Crippen molar-refractivity contribution in [2.24, 2.45) is 5.92 Å². The number of carbonyl (C=O) groups excluding carboxylic acids is 2. The van der Waals surface area contributed by atoms with E-state index in [1.54, 1.807) is 6.07 Å². The Hall–Kier alpha value is -3.06. The van der Waals surface area contributed by atoms with Crippen LogP contribution in [0.1, 0.15) is 47.2 Å². The Labute approximate surface area is 206 Å². The summed E-state index contributed by atoms with van der Waals surface area (Å²) in [7, 11) is 0. The van der Waals surface area contributed by atoms with Crippen LogP contribution in [0, 0.1) is 5.92 Å². The Morgan fingerprint density at radius 2 is 1.51 bits per heavy atom. The summed E-state index contributed by atoms with van der Waals surface area (Å²) in [5, 5.41) is 0.